The monoisotopic (exact) mass is 212 g/mol. The lowest BCUT2D eigenvalue weighted by Crippen LogP contribution is -2.16. The van der Waals surface area contributed by atoms with Gasteiger partial charge in [-0.3, -0.25) is 4.98 Å². The van der Waals surface area contributed by atoms with E-state index in [0.29, 0.717) is 16.9 Å². The van der Waals surface area contributed by atoms with Crippen molar-refractivity contribution in [3.8, 4) is 0 Å². The van der Waals surface area contributed by atoms with E-state index in [1.54, 1.807) is 12.4 Å². The zero-order chi connectivity index (χ0) is 10.6. The van der Waals surface area contributed by atoms with Crippen LogP contribution in [0, 0.1) is 11.8 Å². The molecule has 0 saturated carbocycles. The van der Waals surface area contributed by atoms with E-state index in [1.807, 2.05) is 6.07 Å². The molecular weight excluding hydrogens is 196 g/mol. The SMILES string of the molecule is CC(C)C(C)CNc1ccncc1Cl. The first-order chi connectivity index (χ1) is 6.61. The fraction of sp³-hybridized carbons (Fsp3) is 0.545. The van der Waals surface area contributed by atoms with Crippen LogP contribution < -0.4 is 5.32 Å². The number of hydrogen-bond acceptors (Lipinski definition) is 2. The lowest BCUT2D eigenvalue weighted by molar-refractivity contribution is 0.440. The van der Waals surface area contributed by atoms with Crippen LogP contribution in [-0.4, -0.2) is 11.5 Å². The molecule has 0 saturated heterocycles. The molecule has 1 aromatic rings. The summed E-state index contributed by atoms with van der Waals surface area (Å²) in [5.74, 6) is 1.32. The molecule has 0 aliphatic rings. The summed E-state index contributed by atoms with van der Waals surface area (Å²) in [6.07, 6.45) is 3.40. The largest absolute Gasteiger partial charge is 0.383 e. The van der Waals surface area contributed by atoms with E-state index >= 15 is 0 Å². The highest BCUT2D eigenvalue weighted by molar-refractivity contribution is 6.33. The lowest BCUT2D eigenvalue weighted by atomic mass is 9.98. The van der Waals surface area contributed by atoms with Crippen molar-refractivity contribution >= 4 is 17.3 Å². The van der Waals surface area contributed by atoms with Gasteiger partial charge in [-0.15, -0.1) is 0 Å². The molecule has 2 nitrogen and oxygen atoms in total. The van der Waals surface area contributed by atoms with E-state index in [-0.39, 0.29) is 0 Å². The van der Waals surface area contributed by atoms with Gasteiger partial charge in [-0.2, -0.15) is 0 Å². The number of rotatable bonds is 4. The summed E-state index contributed by atoms with van der Waals surface area (Å²) in [7, 11) is 0. The fourth-order valence-corrected chi connectivity index (χ4v) is 1.21. The molecule has 1 rings (SSSR count). The van der Waals surface area contributed by atoms with Crippen LogP contribution in [0.1, 0.15) is 20.8 Å². The molecule has 0 aliphatic heterocycles. The van der Waals surface area contributed by atoms with Crippen molar-refractivity contribution in [3.05, 3.63) is 23.5 Å². The molecule has 0 bridgehead atoms. The molecule has 14 heavy (non-hydrogen) atoms. The molecule has 3 heteroatoms. The second-order valence-corrected chi connectivity index (χ2v) is 4.36. The Balaban J connectivity index is 2.50. The average molecular weight is 213 g/mol. The van der Waals surface area contributed by atoms with Crippen molar-refractivity contribution in [1.82, 2.24) is 4.98 Å². The van der Waals surface area contributed by atoms with E-state index < -0.39 is 0 Å². The number of nitrogens with zero attached hydrogens (tertiary/aromatic N) is 1. The Kier molecular flexibility index (Phi) is 4.21. The van der Waals surface area contributed by atoms with Gasteiger partial charge < -0.3 is 5.32 Å². The van der Waals surface area contributed by atoms with Gasteiger partial charge in [0.1, 0.15) is 0 Å². The normalized spacial score (nSPS) is 12.9. The van der Waals surface area contributed by atoms with Crippen molar-refractivity contribution < 1.29 is 0 Å². The first-order valence-electron chi connectivity index (χ1n) is 4.94. The highest BCUT2D eigenvalue weighted by Crippen LogP contribution is 2.20. The molecule has 0 amide bonds. The minimum atomic E-state index is 0.638. The topological polar surface area (TPSA) is 24.9 Å². The van der Waals surface area contributed by atoms with Crippen molar-refractivity contribution in [3.63, 3.8) is 0 Å². The van der Waals surface area contributed by atoms with Gasteiger partial charge in [-0.1, -0.05) is 32.4 Å². The summed E-state index contributed by atoms with van der Waals surface area (Å²) >= 11 is 5.96. The molecule has 1 atom stereocenters. The van der Waals surface area contributed by atoms with Crippen molar-refractivity contribution in [2.45, 2.75) is 20.8 Å². The predicted octanol–water partition coefficient (Wildman–Crippen LogP) is 3.44. The molecule has 1 heterocycles. The van der Waals surface area contributed by atoms with Crippen molar-refractivity contribution in [2.75, 3.05) is 11.9 Å². The van der Waals surface area contributed by atoms with Crippen LogP contribution in [0.4, 0.5) is 5.69 Å². The Labute approximate surface area is 90.7 Å². The quantitative estimate of drug-likeness (QED) is 0.827. The summed E-state index contributed by atoms with van der Waals surface area (Å²) in [6, 6.07) is 1.90. The molecular formula is C11H17ClN2. The van der Waals surface area contributed by atoms with Crippen LogP contribution >= 0.6 is 11.6 Å². The molecule has 1 N–H and O–H groups in total. The van der Waals surface area contributed by atoms with Gasteiger partial charge in [0.2, 0.25) is 0 Å². The lowest BCUT2D eigenvalue weighted by Gasteiger charge is -2.17. The van der Waals surface area contributed by atoms with E-state index in [9.17, 15) is 0 Å². The smallest absolute Gasteiger partial charge is 0.0820 e. The van der Waals surface area contributed by atoms with Crippen LogP contribution in [0.2, 0.25) is 5.02 Å². The van der Waals surface area contributed by atoms with Crippen LogP contribution in [0.15, 0.2) is 18.5 Å². The number of anilines is 1. The Morgan fingerprint density at radius 3 is 2.71 bits per heavy atom. The highest BCUT2D eigenvalue weighted by atomic mass is 35.5. The van der Waals surface area contributed by atoms with Crippen LogP contribution in [-0.2, 0) is 0 Å². The second-order valence-electron chi connectivity index (χ2n) is 3.96. The van der Waals surface area contributed by atoms with E-state index in [2.05, 4.69) is 31.1 Å². The number of hydrogen-bond donors (Lipinski definition) is 1. The molecule has 0 aliphatic carbocycles. The third kappa shape index (κ3) is 3.18. The van der Waals surface area contributed by atoms with Crippen LogP contribution in [0.3, 0.4) is 0 Å². The number of pyridine rings is 1. The number of halogens is 1. The minimum absolute atomic E-state index is 0.638. The van der Waals surface area contributed by atoms with E-state index in [1.165, 1.54) is 0 Å². The van der Waals surface area contributed by atoms with Crippen LogP contribution in [0.25, 0.3) is 0 Å². The van der Waals surface area contributed by atoms with Gasteiger partial charge in [-0.25, -0.2) is 0 Å². The fourth-order valence-electron chi connectivity index (χ4n) is 1.03. The Bertz CT molecular complexity index is 286. The zero-order valence-corrected chi connectivity index (χ0v) is 9.67. The van der Waals surface area contributed by atoms with Gasteiger partial charge in [0.05, 0.1) is 10.7 Å². The van der Waals surface area contributed by atoms with Gasteiger partial charge in [-0.05, 0) is 17.9 Å². The standard InChI is InChI=1S/C11H17ClN2/c1-8(2)9(3)6-14-11-4-5-13-7-10(11)12/h4-5,7-9H,6H2,1-3H3,(H,13,14). The maximum absolute atomic E-state index is 5.96. The van der Waals surface area contributed by atoms with Gasteiger partial charge in [0.15, 0.2) is 0 Å². The summed E-state index contributed by atoms with van der Waals surface area (Å²) < 4.78 is 0. The summed E-state index contributed by atoms with van der Waals surface area (Å²) in [6.45, 7) is 7.62. The van der Waals surface area contributed by atoms with Crippen molar-refractivity contribution in [2.24, 2.45) is 11.8 Å². The molecule has 1 unspecified atom stereocenters. The zero-order valence-electron chi connectivity index (χ0n) is 8.92. The molecule has 1 aromatic heterocycles. The molecule has 0 aromatic carbocycles. The predicted molar refractivity (Wildman–Crippen MR) is 61.7 cm³/mol. The Hall–Kier alpha value is -0.760. The maximum Gasteiger partial charge on any atom is 0.0820 e. The molecule has 0 radical (unpaired) electrons. The Morgan fingerprint density at radius 2 is 2.14 bits per heavy atom. The van der Waals surface area contributed by atoms with Crippen LogP contribution in [0.5, 0.6) is 0 Å². The summed E-state index contributed by atoms with van der Waals surface area (Å²) in [4.78, 5) is 3.94. The maximum atomic E-state index is 5.96. The first-order valence-corrected chi connectivity index (χ1v) is 5.32. The summed E-state index contributed by atoms with van der Waals surface area (Å²) in [5, 5.41) is 4.01. The third-order valence-electron chi connectivity index (χ3n) is 2.53. The van der Waals surface area contributed by atoms with Gasteiger partial charge in [0, 0.05) is 18.9 Å². The minimum Gasteiger partial charge on any atom is -0.383 e. The summed E-state index contributed by atoms with van der Waals surface area (Å²) in [5.41, 5.74) is 0.967. The molecule has 0 spiro atoms. The van der Waals surface area contributed by atoms with E-state index in [0.717, 1.165) is 12.2 Å². The Morgan fingerprint density at radius 1 is 1.43 bits per heavy atom. The van der Waals surface area contributed by atoms with E-state index in [4.69, 9.17) is 11.6 Å². The first kappa shape index (κ1) is 11.3. The second kappa shape index (κ2) is 5.20. The molecule has 0 fully saturated rings. The third-order valence-corrected chi connectivity index (χ3v) is 2.83. The number of aromatic nitrogens is 1. The molecule has 78 valence electrons. The van der Waals surface area contributed by atoms with Gasteiger partial charge >= 0.3 is 0 Å². The number of nitrogens with one attached hydrogen (secondary N) is 1. The highest BCUT2D eigenvalue weighted by Gasteiger charge is 2.07. The van der Waals surface area contributed by atoms with Gasteiger partial charge in [0.25, 0.3) is 0 Å². The average Bonchev–Trinajstić information content (AvgIpc) is 2.16. The van der Waals surface area contributed by atoms with Crippen molar-refractivity contribution in [1.29, 1.82) is 0 Å².